The van der Waals surface area contributed by atoms with E-state index in [-0.39, 0.29) is 0 Å². The van der Waals surface area contributed by atoms with Gasteiger partial charge in [0.15, 0.2) is 12.2 Å². The molecule has 0 fully saturated rings. The quantitative estimate of drug-likeness (QED) is 0.595. The van der Waals surface area contributed by atoms with Gasteiger partial charge >= 0.3 is 0 Å². The van der Waals surface area contributed by atoms with E-state index in [4.69, 9.17) is 0 Å². The molecule has 152 valence electrons. The highest BCUT2D eigenvalue weighted by Crippen LogP contribution is 2.16. The fourth-order valence-electron chi connectivity index (χ4n) is 2.73. The summed E-state index contributed by atoms with van der Waals surface area (Å²) in [7, 11) is 1.54. The molecule has 2 amide bonds. The third-order valence-corrected chi connectivity index (χ3v) is 4.56. The average Bonchev–Trinajstić information content (AvgIpc) is 3.25. The Bertz CT molecular complexity index is 761. The van der Waals surface area contributed by atoms with E-state index in [0.717, 1.165) is 24.1 Å². The van der Waals surface area contributed by atoms with Crippen LogP contribution < -0.4 is 5.32 Å². The Morgan fingerprint density at radius 2 is 1.89 bits per heavy atom. The van der Waals surface area contributed by atoms with Gasteiger partial charge in [0.1, 0.15) is 0 Å². The minimum atomic E-state index is -1.83. The average molecular weight is 388 g/mol. The van der Waals surface area contributed by atoms with Crippen molar-refractivity contribution in [3.8, 4) is 5.69 Å². The molecule has 0 aliphatic heterocycles. The summed E-state index contributed by atoms with van der Waals surface area (Å²) in [5.41, 5.74) is 1.70. The predicted molar refractivity (Wildman–Crippen MR) is 105 cm³/mol. The highest BCUT2D eigenvalue weighted by molar-refractivity contribution is 5.90. The maximum atomic E-state index is 12.3. The fourth-order valence-corrected chi connectivity index (χ4v) is 2.73. The molecule has 0 bridgehead atoms. The van der Waals surface area contributed by atoms with Crippen LogP contribution in [0.5, 0.6) is 0 Å². The molecule has 0 radical (unpaired) electrons. The van der Waals surface area contributed by atoms with Gasteiger partial charge in [-0.3, -0.25) is 9.59 Å². The van der Waals surface area contributed by atoms with Gasteiger partial charge in [-0.05, 0) is 37.1 Å². The van der Waals surface area contributed by atoms with Crippen molar-refractivity contribution in [1.29, 1.82) is 0 Å². The van der Waals surface area contributed by atoms with Crippen LogP contribution in [0.3, 0.4) is 0 Å². The Morgan fingerprint density at radius 3 is 2.46 bits per heavy atom. The summed E-state index contributed by atoms with van der Waals surface area (Å²) < 4.78 is 1.72. The first-order valence-electron chi connectivity index (χ1n) is 9.36. The monoisotopic (exact) mass is 388 g/mol. The second kappa shape index (κ2) is 10.0. The van der Waals surface area contributed by atoms with Gasteiger partial charge in [-0.25, -0.2) is 4.68 Å². The largest absolute Gasteiger partial charge is 0.380 e. The maximum absolute atomic E-state index is 12.3. The van der Waals surface area contributed by atoms with Gasteiger partial charge < -0.3 is 20.4 Å². The molecule has 0 unspecified atom stereocenters. The van der Waals surface area contributed by atoms with Crippen molar-refractivity contribution in [2.45, 2.75) is 44.9 Å². The van der Waals surface area contributed by atoms with E-state index >= 15 is 0 Å². The molecule has 1 aromatic carbocycles. The lowest BCUT2D eigenvalue weighted by molar-refractivity contribution is -0.152. The summed E-state index contributed by atoms with van der Waals surface area (Å²) in [6.45, 7) is 4.20. The molecule has 3 atom stereocenters. The van der Waals surface area contributed by atoms with Crippen molar-refractivity contribution in [2.75, 3.05) is 13.6 Å². The second-order valence-corrected chi connectivity index (χ2v) is 6.78. The first-order valence-corrected chi connectivity index (χ1v) is 9.36. The van der Waals surface area contributed by atoms with Gasteiger partial charge in [0.2, 0.25) is 0 Å². The molecular weight excluding hydrogens is 360 g/mol. The number of hydrogen-bond donors (Lipinski definition) is 3. The normalized spacial score (nSPS) is 14.2. The number of nitrogens with one attached hydrogen (secondary N) is 1. The van der Waals surface area contributed by atoms with Crippen LogP contribution >= 0.6 is 0 Å². The van der Waals surface area contributed by atoms with Crippen molar-refractivity contribution < 1.29 is 19.8 Å². The summed E-state index contributed by atoms with van der Waals surface area (Å²) in [5.74, 6) is -1.47. The molecule has 0 aliphatic carbocycles. The summed E-state index contributed by atoms with van der Waals surface area (Å²) in [5, 5.41) is 26.9. The van der Waals surface area contributed by atoms with Gasteiger partial charge in [-0.15, -0.1) is 0 Å². The number of aliphatic hydroxyl groups excluding tert-OH is 2. The molecule has 0 saturated carbocycles. The summed E-state index contributed by atoms with van der Waals surface area (Å²) in [6.07, 6.45) is 1.56. The van der Waals surface area contributed by atoms with Crippen LogP contribution in [0, 0.1) is 0 Å². The molecular formula is C20H28N4O4. The molecule has 8 heteroatoms. The molecule has 1 aromatic heterocycles. The molecule has 3 N–H and O–H groups in total. The van der Waals surface area contributed by atoms with Crippen molar-refractivity contribution in [2.24, 2.45) is 0 Å². The lowest BCUT2D eigenvalue weighted by atomic mass is 10.1. The fraction of sp³-hybridized carbons (Fsp3) is 0.450. The summed E-state index contributed by atoms with van der Waals surface area (Å²) in [6, 6.07) is 8.83. The van der Waals surface area contributed by atoms with Crippen molar-refractivity contribution in [1.82, 2.24) is 20.0 Å². The highest BCUT2D eigenvalue weighted by atomic mass is 16.3. The van der Waals surface area contributed by atoms with E-state index in [1.54, 1.807) is 17.8 Å². The van der Waals surface area contributed by atoms with E-state index < -0.39 is 30.1 Å². The molecule has 28 heavy (non-hydrogen) atoms. The Kier molecular flexibility index (Phi) is 7.71. The minimum absolute atomic E-state index is 0.408. The van der Waals surface area contributed by atoms with Gasteiger partial charge in [0.25, 0.3) is 11.8 Å². The predicted octanol–water partition coefficient (Wildman–Crippen LogP) is 1.03. The zero-order chi connectivity index (χ0) is 20.7. The van der Waals surface area contributed by atoms with Crippen molar-refractivity contribution in [3.63, 3.8) is 0 Å². The second-order valence-electron chi connectivity index (χ2n) is 6.78. The van der Waals surface area contributed by atoms with Crippen molar-refractivity contribution >= 4 is 11.8 Å². The Labute approximate surface area is 164 Å². The minimum Gasteiger partial charge on any atom is -0.380 e. The van der Waals surface area contributed by atoms with E-state index in [0.29, 0.717) is 6.54 Å². The number of nitrogens with zero attached hydrogens (tertiary/aromatic N) is 3. The zero-order valence-corrected chi connectivity index (χ0v) is 16.4. The number of hydrogen-bond acceptors (Lipinski definition) is 5. The summed E-state index contributed by atoms with van der Waals surface area (Å²) >= 11 is 0. The molecule has 2 aromatic rings. The number of benzene rings is 1. The van der Waals surface area contributed by atoms with Gasteiger partial charge in [0, 0.05) is 26.0 Å². The Hall–Kier alpha value is -2.71. The molecule has 8 nitrogen and oxygen atoms in total. The van der Waals surface area contributed by atoms with Crippen LogP contribution in [-0.2, 0) is 9.59 Å². The van der Waals surface area contributed by atoms with Crippen molar-refractivity contribution in [3.05, 3.63) is 48.3 Å². The SMILES string of the molecule is CCCCN(C)C(=O)[C@H](O)[C@@H](O)C(=O)N[C@H](C)c1ccc(-n2cccn2)cc1. The number of aromatic nitrogens is 2. The lowest BCUT2D eigenvalue weighted by Crippen LogP contribution is -2.50. The Morgan fingerprint density at radius 1 is 1.21 bits per heavy atom. The van der Waals surface area contributed by atoms with Gasteiger partial charge in [-0.2, -0.15) is 5.10 Å². The van der Waals surface area contributed by atoms with Crippen LogP contribution in [0.4, 0.5) is 0 Å². The topological polar surface area (TPSA) is 108 Å². The van der Waals surface area contributed by atoms with E-state index in [9.17, 15) is 19.8 Å². The number of carbonyl (C=O) groups is 2. The number of aliphatic hydroxyl groups is 2. The van der Waals surface area contributed by atoms with Crippen LogP contribution in [0.2, 0.25) is 0 Å². The van der Waals surface area contributed by atoms with E-state index in [1.807, 2.05) is 43.5 Å². The molecule has 2 rings (SSSR count). The number of unbranched alkanes of at least 4 members (excludes halogenated alkanes) is 1. The third-order valence-electron chi connectivity index (χ3n) is 4.56. The van der Waals surface area contributed by atoms with Crippen LogP contribution in [0.1, 0.15) is 38.3 Å². The lowest BCUT2D eigenvalue weighted by Gasteiger charge is -2.24. The van der Waals surface area contributed by atoms with Gasteiger partial charge in [0.05, 0.1) is 11.7 Å². The van der Waals surface area contributed by atoms with Crippen LogP contribution in [0.25, 0.3) is 5.69 Å². The molecule has 1 heterocycles. The maximum Gasteiger partial charge on any atom is 0.254 e. The third kappa shape index (κ3) is 5.40. The first kappa shape index (κ1) is 21.6. The smallest absolute Gasteiger partial charge is 0.254 e. The number of carbonyl (C=O) groups excluding carboxylic acids is 2. The highest BCUT2D eigenvalue weighted by Gasteiger charge is 2.32. The zero-order valence-electron chi connectivity index (χ0n) is 16.4. The van der Waals surface area contributed by atoms with E-state index in [2.05, 4.69) is 10.4 Å². The van der Waals surface area contributed by atoms with Crippen LogP contribution in [-0.4, -0.2) is 62.5 Å². The number of amides is 2. The number of rotatable bonds is 9. The van der Waals surface area contributed by atoms with Gasteiger partial charge in [-0.1, -0.05) is 25.5 Å². The molecule has 0 aliphatic rings. The standard InChI is InChI=1S/C20H28N4O4/c1-4-5-12-23(3)20(28)18(26)17(25)19(27)22-14(2)15-7-9-16(10-8-15)24-13-6-11-21-24/h6-11,13-14,17-18,25-26H,4-5,12H2,1-3H3,(H,22,27)/t14-,17-,18-/m1/s1. The first-order chi connectivity index (χ1) is 13.3. The van der Waals surface area contributed by atoms with E-state index in [1.165, 1.54) is 11.9 Å². The molecule has 0 saturated heterocycles. The number of likely N-dealkylation sites (N-methyl/N-ethyl adjacent to an activating group) is 1. The summed E-state index contributed by atoms with van der Waals surface area (Å²) in [4.78, 5) is 25.7. The van der Waals surface area contributed by atoms with Crippen LogP contribution in [0.15, 0.2) is 42.7 Å². The Balaban J connectivity index is 1.94. The molecule has 0 spiro atoms.